The summed E-state index contributed by atoms with van der Waals surface area (Å²) in [6.07, 6.45) is 7.68. The van der Waals surface area contributed by atoms with Crippen LogP contribution in [-0.2, 0) is 21.8 Å². The van der Waals surface area contributed by atoms with E-state index in [2.05, 4.69) is 13.8 Å². The number of rotatable bonds is 8. The van der Waals surface area contributed by atoms with Crippen LogP contribution in [0.25, 0.3) is 0 Å². The molecular weight excluding hydrogens is 192 g/mol. The van der Waals surface area contributed by atoms with Crippen molar-refractivity contribution in [1.29, 1.82) is 0 Å². The van der Waals surface area contributed by atoms with Gasteiger partial charge < -0.3 is 4.74 Å². The summed E-state index contributed by atoms with van der Waals surface area (Å²) in [6, 6.07) is 0. The minimum atomic E-state index is 0. The Hall–Kier alpha value is 0.479. The van der Waals surface area contributed by atoms with Gasteiger partial charge >= 0.3 is 0 Å². The first kappa shape index (κ1) is 15.0. The van der Waals surface area contributed by atoms with Crippen molar-refractivity contribution in [3.8, 4) is 0 Å². The molecule has 0 spiro atoms. The largest absolute Gasteiger partial charge is 0.381 e. The van der Waals surface area contributed by atoms with E-state index >= 15 is 0 Å². The molecular formula is C10H22FeO. The van der Waals surface area contributed by atoms with Crippen molar-refractivity contribution in [3.63, 3.8) is 0 Å². The van der Waals surface area contributed by atoms with E-state index in [4.69, 9.17) is 4.74 Å². The molecule has 0 aliphatic heterocycles. The molecule has 0 aromatic carbocycles. The average Bonchev–Trinajstić information content (AvgIpc) is 2.03. The Morgan fingerprint density at radius 1 is 0.750 bits per heavy atom. The molecule has 1 nitrogen and oxygen atoms in total. The molecule has 0 N–H and O–H groups in total. The van der Waals surface area contributed by atoms with Crippen LogP contribution in [0.4, 0.5) is 0 Å². The molecule has 2 heteroatoms. The van der Waals surface area contributed by atoms with E-state index in [0.717, 1.165) is 13.2 Å². The number of unbranched alkanes of at least 4 members (excludes halogenated alkanes) is 4. The third-order valence-electron chi connectivity index (χ3n) is 1.78. The molecule has 0 atom stereocenters. The molecule has 0 radical (unpaired) electrons. The Morgan fingerprint density at radius 2 is 1.17 bits per heavy atom. The maximum atomic E-state index is 5.44. The van der Waals surface area contributed by atoms with Crippen molar-refractivity contribution in [2.24, 2.45) is 0 Å². The molecule has 76 valence electrons. The van der Waals surface area contributed by atoms with Crippen molar-refractivity contribution in [2.75, 3.05) is 13.2 Å². The SMILES string of the molecule is CCCCCOCCCCC.[Fe]. The number of ether oxygens (including phenoxy) is 1. The second-order valence-corrected chi connectivity index (χ2v) is 3.03. The minimum Gasteiger partial charge on any atom is -0.381 e. The maximum Gasteiger partial charge on any atom is 0.0466 e. The summed E-state index contributed by atoms with van der Waals surface area (Å²) in [5, 5.41) is 0. The zero-order chi connectivity index (χ0) is 8.36. The van der Waals surface area contributed by atoms with Crippen LogP contribution in [0.3, 0.4) is 0 Å². The molecule has 0 heterocycles. The molecule has 12 heavy (non-hydrogen) atoms. The van der Waals surface area contributed by atoms with Gasteiger partial charge in [0.2, 0.25) is 0 Å². The molecule has 0 fully saturated rings. The molecule has 0 bridgehead atoms. The van der Waals surface area contributed by atoms with Crippen LogP contribution >= 0.6 is 0 Å². The van der Waals surface area contributed by atoms with E-state index < -0.39 is 0 Å². The van der Waals surface area contributed by atoms with E-state index in [-0.39, 0.29) is 17.1 Å². The van der Waals surface area contributed by atoms with E-state index in [0.29, 0.717) is 0 Å². The van der Waals surface area contributed by atoms with Gasteiger partial charge in [-0.05, 0) is 12.8 Å². The van der Waals surface area contributed by atoms with Crippen molar-refractivity contribution >= 4 is 0 Å². The van der Waals surface area contributed by atoms with E-state index in [1.54, 1.807) is 0 Å². The summed E-state index contributed by atoms with van der Waals surface area (Å²) >= 11 is 0. The van der Waals surface area contributed by atoms with Gasteiger partial charge in [0, 0.05) is 30.3 Å². The number of hydrogen-bond acceptors (Lipinski definition) is 1. The maximum absolute atomic E-state index is 5.44. The van der Waals surface area contributed by atoms with E-state index in [1.165, 1.54) is 38.5 Å². The van der Waals surface area contributed by atoms with Crippen LogP contribution in [0, 0.1) is 0 Å². The Kier molecular flexibility index (Phi) is 17.5. The minimum absolute atomic E-state index is 0. The molecule has 0 aliphatic rings. The summed E-state index contributed by atoms with van der Waals surface area (Å²) < 4.78 is 5.44. The van der Waals surface area contributed by atoms with Crippen LogP contribution in [0.5, 0.6) is 0 Å². The zero-order valence-electron chi connectivity index (χ0n) is 8.42. The van der Waals surface area contributed by atoms with Gasteiger partial charge in [0.25, 0.3) is 0 Å². The smallest absolute Gasteiger partial charge is 0.0466 e. The molecule has 0 aromatic heterocycles. The van der Waals surface area contributed by atoms with E-state index in [9.17, 15) is 0 Å². The quantitative estimate of drug-likeness (QED) is 0.444. The Bertz CT molecular complexity index is 58.9. The van der Waals surface area contributed by atoms with Crippen molar-refractivity contribution < 1.29 is 21.8 Å². The van der Waals surface area contributed by atoms with Gasteiger partial charge in [-0.15, -0.1) is 0 Å². The summed E-state index contributed by atoms with van der Waals surface area (Å²) in [7, 11) is 0. The third kappa shape index (κ3) is 13.1. The van der Waals surface area contributed by atoms with Crippen molar-refractivity contribution in [3.05, 3.63) is 0 Å². The zero-order valence-corrected chi connectivity index (χ0v) is 9.52. The van der Waals surface area contributed by atoms with Gasteiger partial charge in [0.15, 0.2) is 0 Å². The van der Waals surface area contributed by atoms with Crippen molar-refractivity contribution in [1.82, 2.24) is 0 Å². The first-order chi connectivity index (χ1) is 5.41. The summed E-state index contributed by atoms with van der Waals surface area (Å²) in [5.74, 6) is 0. The Morgan fingerprint density at radius 3 is 1.50 bits per heavy atom. The Balaban J connectivity index is 0. The van der Waals surface area contributed by atoms with Gasteiger partial charge in [-0.3, -0.25) is 0 Å². The molecule has 0 aliphatic carbocycles. The summed E-state index contributed by atoms with van der Waals surface area (Å²) in [6.45, 7) is 6.38. The molecule has 0 saturated carbocycles. The normalized spacial score (nSPS) is 9.50. The second kappa shape index (κ2) is 14.0. The van der Waals surface area contributed by atoms with Crippen LogP contribution in [0.15, 0.2) is 0 Å². The van der Waals surface area contributed by atoms with Crippen LogP contribution in [-0.4, -0.2) is 13.2 Å². The topological polar surface area (TPSA) is 9.23 Å². The molecule has 0 saturated heterocycles. The molecule has 0 unspecified atom stereocenters. The van der Waals surface area contributed by atoms with Crippen LogP contribution in [0.1, 0.15) is 52.4 Å². The monoisotopic (exact) mass is 214 g/mol. The average molecular weight is 214 g/mol. The fourth-order valence-corrected chi connectivity index (χ4v) is 1.01. The van der Waals surface area contributed by atoms with Crippen LogP contribution < -0.4 is 0 Å². The van der Waals surface area contributed by atoms with E-state index in [1.807, 2.05) is 0 Å². The third-order valence-corrected chi connectivity index (χ3v) is 1.78. The van der Waals surface area contributed by atoms with Gasteiger partial charge in [-0.1, -0.05) is 39.5 Å². The predicted octanol–water partition coefficient (Wildman–Crippen LogP) is 3.38. The number of hydrogen-bond donors (Lipinski definition) is 0. The van der Waals surface area contributed by atoms with Gasteiger partial charge in [-0.25, -0.2) is 0 Å². The van der Waals surface area contributed by atoms with Crippen LogP contribution in [0.2, 0.25) is 0 Å². The molecule has 0 amide bonds. The Labute approximate surface area is 87.7 Å². The standard InChI is InChI=1S/C10H22O.Fe/c1-3-5-7-9-11-10-8-6-4-2;/h3-10H2,1-2H3;. The summed E-state index contributed by atoms with van der Waals surface area (Å²) in [5.41, 5.74) is 0. The predicted molar refractivity (Wildman–Crippen MR) is 49.9 cm³/mol. The molecule has 0 rings (SSSR count). The first-order valence-corrected chi connectivity index (χ1v) is 4.99. The second-order valence-electron chi connectivity index (χ2n) is 3.03. The first-order valence-electron chi connectivity index (χ1n) is 4.99. The fourth-order valence-electron chi connectivity index (χ4n) is 1.01. The van der Waals surface area contributed by atoms with Gasteiger partial charge in [-0.2, -0.15) is 0 Å². The van der Waals surface area contributed by atoms with Crippen molar-refractivity contribution in [2.45, 2.75) is 52.4 Å². The van der Waals surface area contributed by atoms with Gasteiger partial charge in [0.05, 0.1) is 0 Å². The fraction of sp³-hybridized carbons (Fsp3) is 1.00. The molecule has 0 aromatic rings. The summed E-state index contributed by atoms with van der Waals surface area (Å²) in [4.78, 5) is 0. The van der Waals surface area contributed by atoms with Gasteiger partial charge in [0.1, 0.15) is 0 Å².